The number of nitrogens with zero attached hydrogens (tertiary/aromatic N) is 3. The lowest BCUT2D eigenvalue weighted by molar-refractivity contribution is 0.0948. The van der Waals surface area contributed by atoms with Gasteiger partial charge in [0.25, 0.3) is 5.91 Å². The van der Waals surface area contributed by atoms with Crippen molar-refractivity contribution in [2.75, 3.05) is 6.54 Å². The van der Waals surface area contributed by atoms with Gasteiger partial charge in [-0.15, -0.1) is 5.10 Å². The predicted molar refractivity (Wildman–Crippen MR) is 119 cm³/mol. The molecular formula is C23H21ClN4O3. The van der Waals surface area contributed by atoms with Crippen molar-refractivity contribution in [2.45, 2.75) is 19.6 Å². The maximum atomic E-state index is 12.7. The zero-order valence-electron chi connectivity index (χ0n) is 16.7. The van der Waals surface area contributed by atoms with E-state index < -0.39 is 0 Å². The second-order valence-corrected chi connectivity index (χ2v) is 7.33. The average molecular weight is 437 g/mol. The zero-order chi connectivity index (χ0) is 21.6. The van der Waals surface area contributed by atoms with Crippen LogP contribution in [0.3, 0.4) is 0 Å². The zero-order valence-corrected chi connectivity index (χ0v) is 17.5. The molecule has 0 spiro atoms. The minimum atomic E-state index is -0.239. The smallest absolute Gasteiger partial charge is 0.350 e. The Morgan fingerprint density at radius 2 is 1.81 bits per heavy atom. The lowest BCUT2D eigenvalue weighted by Gasteiger charge is -2.12. The molecule has 0 aliphatic rings. The van der Waals surface area contributed by atoms with Crippen molar-refractivity contribution in [1.82, 2.24) is 19.5 Å². The first-order valence-corrected chi connectivity index (χ1v) is 10.3. The van der Waals surface area contributed by atoms with Crippen molar-refractivity contribution < 1.29 is 9.53 Å². The van der Waals surface area contributed by atoms with Crippen LogP contribution in [0.1, 0.15) is 22.3 Å². The number of aromatic nitrogens is 3. The number of halogens is 1. The van der Waals surface area contributed by atoms with Gasteiger partial charge in [-0.25, -0.2) is 9.48 Å². The minimum Gasteiger partial charge on any atom is -0.488 e. The first-order valence-electron chi connectivity index (χ1n) is 9.91. The van der Waals surface area contributed by atoms with E-state index in [0.29, 0.717) is 41.5 Å². The van der Waals surface area contributed by atoms with Crippen molar-refractivity contribution >= 4 is 23.2 Å². The quantitative estimate of drug-likeness (QED) is 0.428. The number of carbonyl (C=O) groups is 1. The fourth-order valence-electron chi connectivity index (χ4n) is 3.19. The first kappa shape index (κ1) is 20.7. The van der Waals surface area contributed by atoms with E-state index in [0.717, 1.165) is 5.56 Å². The van der Waals surface area contributed by atoms with E-state index in [2.05, 4.69) is 10.4 Å². The van der Waals surface area contributed by atoms with Gasteiger partial charge in [-0.2, -0.15) is 0 Å². The third kappa shape index (κ3) is 4.78. The number of benzene rings is 2. The second-order valence-electron chi connectivity index (χ2n) is 6.92. The largest absolute Gasteiger partial charge is 0.488 e. The number of fused-ring (bicyclic) bond motifs is 1. The van der Waals surface area contributed by atoms with E-state index in [-0.39, 0.29) is 18.2 Å². The Bertz CT molecular complexity index is 1260. The Labute approximate surface area is 183 Å². The molecular weight excluding hydrogens is 416 g/mol. The van der Waals surface area contributed by atoms with Gasteiger partial charge in [0.2, 0.25) is 0 Å². The molecule has 0 aliphatic carbocycles. The molecule has 4 aromatic rings. The van der Waals surface area contributed by atoms with E-state index >= 15 is 0 Å². The Balaban J connectivity index is 1.34. The summed E-state index contributed by atoms with van der Waals surface area (Å²) in [6, 6.07) is 19.9. The summed E-state index contributed by atoms with van der Waals surface area (Å²) in [4.78, 5) is 24.9. The summed E-state index contributed by atoms with van der Waals surface area (Å²) in [6.07, 6.45) is 2.25. The molecule has 0 atom stereocenters. The molecule has 0 bridgehead atoms. The van der Waals surface area contributed by atoms with Crippen LogP contribution in [0.15, 0.2) is 77.7 Å². The van der Waals surface area contributed by atoms with Crippen LogP contribution >= 0.6 is 11.6 Å². The van der Waals surface area contributed by atoms with Crippen LogP contribution < -0.4 is 15.7 Å². The van der Waals surface area contributed by atoms with Crippen LogP contribution in [0.5, 0.6) is 5.75 Å². The van der Waals surface area contributed by atoms with Crippen molar-refractivity contribution in [3.8, 4) is 5.75 Å². The van der Waals surface area contributed by atoms with Crippen molar-refractivity contribution in [3.63, 3.8) is 0 Å². The predicted octanol–water partition coefficient (Wildman–Crippen LogP) is 3.55. The van der Waals surface area contributed by atoms with Crippen LogP contribution in [0, 0.1) is 0 Å². The van der Waals surface area contributed by atoms with Gasteiger partial charge in [0.1, 0.15) is 12.4 Å². The summed E-state index contributed by atoms with van der Waals surface area (Å²) in [7, 11) is 0. The number of pyridine rings is 1. The average Bonchev–Trinajstić information content (AvgIpc) is 3.12. The number of carbonyl (C=O) groups excluding carboxylic acids is 1. The first-order chi connectivity index (χ1) is 15.1. The lowest BCUT2D eigenvalue weighted by Crippen LogP contribution is -2.27. The fraction of sp³-hybridized carbons (Fsp3) is 0.174. The van der Waals surface area contributed by atoms with Gasteiger partial charge in [0.05, 0.1) is 5.56 Å². The number of hydrogen-bond acceptors (Lipinski definition) is 4. The van der Waals surface area contributed by atoms with Gasteiger partial charge in [-0.1, -0.05) is 48.0 Å². The molecule has 2 heterocycles. The number of amides is 1. The molecule has 0 fully saturated rings. The van der Waals surface area contributed by atoms with E-state index in [9.17, 15) is 9.59 Å². The molecule has 0 saturated heterocycles. The third-order valence-electron chi connectivity index (χ3n) is 4.79. The molecule has 8 heteroatoms. The van der Waals surface area contributed by atoms with E-state index in [1.807, 2.05) is 30.3 Å². The standard InChI is InChI=1S/C23H21ClN4O3/c24-19-10-3-1-8-17(19)16-31-20-11-4-2-9-18(20)22(29)25-13-7-15-28-23(30)27-14-6-5-12-21(27)26-28/h1-6,8-12,14H,7,13,15-16H2,(H,25,29). The summed E-state index contributed by atoms with van der Waals surface area (Å²) >= 11 is 6.17. The summed E-state index contributed by atoms with van der Waals surface area (Å²) < 4.78 is 8.74. The van der Waals surface area contributed by atoms with Gasteiger partial charge >= 0.3 is 5.69 Å². The summed E-state index contributed by atoms with van der Waals surface area (Å²) in [5.74, 6) is 0.244. The molecule has 7 nitrogen and oxygen atoms in total. The fourth-order valence-corrected chi connectivity index (χ4v) is 3.38. The Morgan fingerprint density at radius 3 is 2.65 bits per heavy atom. The van der Waals surface area contributed by atoms with Gasteiger partial charge in [0, 0.05) is 29.9 Å². The molecule has 0 aliphatic heterocycles. The van der Waals surface area contributed by atoms with Crippen LogP contribution in [-0.4, -0.2) is 26.6 Å². The monoisotopic (exact) mass is 436 g/mol. The Morgan fingerprint density at radius 1 is 1.03 bits per heavy atom. The summed E-state index contributed by atoms with van der Waals surface area (Å²) in [5, 5.41) is 7.78. The SMILES string of the molecule is O=C(NCCCn1nc2ccccn2c1=O)c1ccccc1OCc1ccccc1Cl. The summed E-state index contributed by atoms with van der Waals surface area (Å²) in [5.41, 5.74) is 1.69. The lowest BCUT2D eigenvalue weighted by atomic mass is 10.2. The third-order valence-corrected chi connectivity index (χ3v) is 5.16. The summed E-state index contributed by atoms with van der Waals surface area (Å²) in [6.45, 7) is 1.07. The highest BCUT2D eigenvalue weighted by Crippen LogP contribution is 2.22. The Hall–Kier alpha value is -3.58. The van der Waals surface area contributed by atoms with Gasteiger partial charge in [-0.05, 0) is 36.8 Å². The molecule has 0 saturated carbocycles. The van der Waals surface area contributed by atoms with E-state index in [4.69, 9.17) is 16.3 Å². The van der Waals surface area contributed by atoms with E-state index in [1.165, 1.54) is 9.08 Å². The Kier molecular flexibility index (Phi) is 6.33. The van der Waals surface area contributed by atoms with Crippen molar-refractivity contribution in [1.29, 1.82) is 0 Å². The molecule has 2 aromatic carbocycles. The number of nitrogens with one attached hydrogen (secondary N) is 1. The van der Waals surface area contributed by atoms with Crippen molar-refractivity contribution in [3.05, 3.63) is 99.6 Å². The van der Waals surface area contributed by atoms with Crippen LogP contribution in [0.2, 0.25) is 5.02 Å². The maximum Gasteiger partial charge on any atom is 0.350 e. The normalized spacial score (nSPS) is 10.9. The highest BCUT2D eigenvalue weighted by molar-refractivity contribution is 6.31. The number of para-hydroxylation sites is 1. The van der Waals surface area contributed by atoms with Gasteiger partial charge < -0.3 is 10.1 Å². The highest BCUT2D eigenvalue weighted by atomic mass is 35.5. The second kappa shape index (κ2) is 9.49. The molecule has 0 radical (unpaired) electrons. The molecule has 158 valence electrons. The van der Waals surface area contributed by atoms with Crippen LogP contribution in [-0.2, 0) is 13.2 Å². The number of aryl methyl sites for hydroxylation is 1. The minimum absolute atomic E-state index is 0.194. The van der Waals surface area contributed by atoms with Gasteiger partial charge in [0.15, 0.2) is 5.65 Å². The molecule has 1 N–H and O–H groups in total. The van der Waals surface area contributed by atoms with E-state index in [1.54, 1.807) is 42.6 Å². The number of ether oxygens (including phenoxy) is 1. The number of rotatable bonds is 8. The molecule has 31 heavy (non-hydrogen) atoms. The number of hydrogen-bond donors (Lipinski definition) is 1. The molecule has 4 rings (SSSR count). The van der Waals surface area contributed by atoms with Crippen LogP contribution in [0.25, 0.3) is 5.65 Å². The van der Waals surface area contributed by atoms with Crippen molar-refractivity contribution in [2.24, 2.45) is 0 Å². The maximum absolute atomic E-state index is 12.7. The molecule has 2 aromatic heterocycles. The highest BCUT2D eigenvalue weighted by Gasteiger charge is 2.13. The molecule has 0 unspecified atom stereocenters. The topological polar surface area (TPSA) is 77.6 Å². The molecule has 1 amide bonds. The van der Waals surface area contributed by atoms with Crippen LogP contribution in [0.4, 0.5) is 0 Å². The van der Waals surface area contributed by atoms with Gasteiger partial charge in [-0.3, -0.25) is 9.20 Å².